The molecule has 0 radical (unpaired) electrons. The zero-order valence-electron chi connectivity index (χ0n) is 24.5. The van der Waals surface area contributed by atoms with Crippen LogP contribution in [-0.4, -0.2) is 54.7 Å². The lowest BCUT2D eigenvalue weighted by molar-refractivity contribution is -0.123. The molecule has 0 aromatic rings. The van der Waals surface area contributed by atoms with Crippen molar-refractivity contribution in [3.05, 3.63) is 0 Å². The highest BCUT2D eigenvalue weighted by molar-refractivity contribution is 7.11. The molecule has 3 fully saturated rings. The minimum atomic E-state index is -0.607. The minimum absolute atomic E-state index is 0.0734. The van der Waals surface area contributed by atoms with Crippen molar-refractivity contribution in [3.63, 3.8) is 0 Å². The van der Waals surface area contributed by atoms with Gasteiger partial charge in [0.25, 0.3) is 0 Å². The largest absolute Gasteiger partial charge is 0.489 e. The molecule has 4 unspecified atom stereocenters. The van der Waals surface area contributed by atoms with E-state index in [1.807, 2.05) is 27.7 Å². The molecule has 0 aromatic carbocycles. The molecule has 0 bridgehead atoms. The summed E-state index contributed by atoms with van der Waals surface area (Å²) in [5.74, 6) is 0.205. The van der Waals surface area contributed by atoms with Crippen molar-refractivity contribution in [2.75, 3.05) is 0 Å². The fourth-order valence-corrected chi connectivity index (χ4v) is 5.45. The second-order valence-electron chi connectivity index (χ2n) is 14.0. The Bertz CT molecular complexity index is 769. The fraction of sp³-hybridized carbons (Fsp3) is 1.00. The SMILES string of the molecule is CCC(C)(C)B1OC(C)(C)C(C)(C(C)C(C)C2(C)OB(B3OC(C)(C)C(C)(C)O3)OC2(C)C)O1. The second kappa shape index (κ2) is 8.23. The minimum Gasteiger partial charge on any atom is -0.405 e. The standard InChI is InChI=1S/C25H49B3O6/c1-16-19(4,5)26-29-22(10,11)24(14,33-26)17(2)18(3)25(15)23(12,13)32-28(34-25)27-30-20(6,7)21(8,9)31-27/h17-18H,16H2,1-15H3. The Hall–Kier alpha value is -0.0452. The van der Waals surface area contributed by atoms with Gasteiger partial charge < -0.3 is 27.9 Å². The third kappa shape index (κ3) is 4.14. The maximum Gasteiger partial charge on any atom is 0.489 e. The maximum atomic E-state index is 6.79. The van der Waals surface area contributed by atoms with Crippen LogP contribution in [0, 0.1) is 11.8 Å². The molecule has 3 aliphatic heterocycles. The molecule has 0 aliphatic carbocycles. The topological polar surface area (TPSA) is 55.4 Å². The summed E-state index contributed by atoms with van der Waals surface area (Å²) >= 11 is 0. The lowest BCUT2D eigenvalue weighted by atomic mass is 9.49. The Balaban J connectivity index is 1.86. The van der Waals surface area contributed by atoms with Crippen molar-refractivity contribution < 1.29 is 27.9 Å². The summed E-state index contributed by atoms with van der Waals surface area (Å²) in [6, 6.07) is 0. The molecule has 0 N–H and O–H groups in total. The second-order valence-corrected chi connectivity index (χ2v) is 14.0. The van der Waals surface area contributed by atoms with Gasteiger partial charge in [0.1, 0.15) is 0 Å². The van der Waals surface area contributed by atoms with E-state index in [1.165, 1.54) is 0 Å². The first-order valence-corrected chi connectivity index (χ1v) is 13.1. The Kier molecular flexibility index (Phi) is 6.90. The fourth-order valence-electron chi connectivity index (χ4n) is 5.45. The molecule has 3 saturated heterocycles. The molecule has 3 rings (SSSR count). The molecule has 0 spiro atoms. The van der Waals surface area contributed by atoms with E-state index >= 15 is 0 Å². The van der Waals surface area contributed by atoms with Crippen LogP contribution in [0.1, 0.15) is 110 Å². The van der Waals surface area contributed by atoms with E-state index in [2.05, 4.69) is 76.2 Å². The van der Waals surface area contributed by atoms with Gasteiger partial charge in [-0.3, -0.25) is 0 Å². The lowest BCUT2D eigenvalue weighted by Crippen LogP contribution is -2.59. The molecular formula is C25H49B3O6. The first kappa shape index (κ1) is 28.5. The molecule has 34 heavy (non-hydrogen) atoms. The van der Waals surface area contributed by atoms with Gasteiger partial charge in [0, 0.05) is 0 Å². The van der Waals surface area contributed by atoms with Crippen LogP contribution in [0.25, 0.3) is 0 Å². The monoisotopic (exact) mass is 478 g/mol. The average Bonchev–Trinajstić information content (AvgIpc) is 3.18. The highest BCUT2D eigenvalue weighted by Gasteiger charge is 2.68. The van der Waals surface area contributed by atoms with Gasteiger partial charge >= 0.3 is 21.1 Å². The van der Waals surface area contributed by atoms with Crippen molar-refractivity contribution in [1.82, 2.24) is 0 Å². The summed E-state index contributed by atoms with van der Waals surface area (Å²) in [6.45, 7) is 32.1. The maximum absolute atomic E-state index is 6.79. The average molecular weight is 478 g/mol. The van der Waals surface area contributed by atoms with Gasteiger partial charge in [-0.25, -0.2) is 0 Å². The summed E-state index contributed by atoms with van der Waals surface area (Å²) < 4.78 is 39.1. The van der Waals surface area contributed by atoms with Crippen LogP contribution in [-0.2, 0) is 27.9 Å². The summed E-state index contributed by atoms with van der Waals surface area (Å²) in [7, 11) is -1.45. The predicted octanol–water partition coefficient (Wildman–Crippen LogP) is 5.76. The summed E-state index contributed by atoms with van der Waals surface area (Å²) in [4.78, 5) is 0. The summed E-state index contributed by atoms with van der Waals surface area (Å²) in [5.41, 5.74) is -3.00. The summed E-state index contributed by atoms with van der Waals surface area (Å²) in [6.07, 6.45) is 0.977. The predicted molar refractivity (Wildman–Crippen MR) is 140 cm³/mol. The lowest BCUT2D eigenvalue weighted by Gasteiger charge is -2.50. The molecule has 9 heteroatoms. The van der Waals surface area contributed by atoms with E-state index in [9.17, 15) is 0 Å². The van der Waals surface area contributed by atoms with Gasteiger partial charge in [-0.2, -0.15) is 0 Å². The Morgan fingerprint density at radius 1 is 0.559 bits per heavy atom. The van der Waals surface area contributed by atoms with E-state index < -0.39 is 47.6 Å². The van der Waals surface area contributed by atoms with Crippen molar-refractivity contribution >= 4 is 21.1 Å². The van der Waals surface area contributed by atoms with Gasteiger partial charge in [0.2, 0.25) is 0 Å². The van der Waals surface area contributed by atoms with E-state index in [-0.39, 0.29) is 24.3 Å². The van der Waals surface area contributed by atoms with Gasteiger partial charge in [-0.15, -0.1) is 0 Å². The van der Waals surface area contributed by atoms with Crippen LogP contribution in [0.2, 0.25) is 5.31 Å². The van der Waals surface area contributed by atoms with Gasteiger partial charge in [-0.05, 0) is 86.4 Å². The van der Waals surface area contributed by atoms with E-state index in [0.29, 0.717) is 0 Å². The van der Waals surface area contributed by atoms with Crippen molar-refractivity contribution in [3.8, 4) is 0 Å². The Morgan fingerprint density at radius 2 is 0.912 bits per heavy atom. The van der Waals surface area contributed by atoms with E-state index in [0.717, 1.165) is 6.42 Å². The molecule has 4 atom stereocenters. The normalized spacial score (nSPS) is 36.3. The van der Waals surface area contributed by atoms with Crippen LogP contribution in [0.5, 0.6) is 0 Å². The third-order valence-electron chi connectivity index (χ3n) is 10.4. The highest BCUT2D eigenvalue weighted by Crippen LogP contribution is 2.55. The highest BCUT2D eigenvalue weighted by atomic mass is 16.7. The number of hydrogen-bond acceptors (Lipinski definition) is 6. The van der Waals surface area contributed by atoms with Crippen LogP contribution in [0.4, 0.5) is 0 Å². The van der Waals surface area contributed by atoms with Gasteiger partial charge in [0.15, 0.2) is 0 Å². The molecule has 3 heterocycles. The zero-order chi connectivity index (χ0) is 26.3. The first-order valence-electron chi connectivity index (χ1n) is 13.1. The molecular weight excluding hydrogens is 429 g/mol. The van der Waals surface area contributed by atoms with Crippen LogP contribution >= 0.6 is 0 Å². The van der Waals surface area contributed by atoms with Crippen molar-refractivity contribution in [2.24, 2.45) is 11.8 Å². The van der Waals surface area contributed by atoms with E-state index in [1.54, 1.807) is 0 Å². The quantitative estimate of drug-likeness (QED) is 0.453. The molecule has 0 aromatic heterocycles. The molecule has 0 amide bonds. The molecule has 3 aliphatic rings. The smallest absolute Gasteiger partial charge is 0.405 e. The van der Waals surface area contributed by atoms with Crippen LogP contribution in [0.15, 0.2) is 0 Å². The third-order valence-corrected chi connectivity index (χ3v) is 10.4. The Labute approximate surface area is 210 Å². The van der Waals surface area contributed by atoms with Crippen molar-refractivity contribution in [2.45, 2.75) is 149 Å². The molecule has 6 nitrogen and oxygen atoms in total. The number of rotatable bonds is 6. The molecule has 0 saturated carbocycles. The molecule has 194 valence electrons. The first-order chi connectivity index (χ1) is 15.1. The van der Waals surface area contributed by atoms with Gasteiger partial charge in [-0.1, -0.05) is 41.0 Å². The van der Waals surface area contributed by atoms with Crippen molar-refractivity contribution in [1.29, 1.82) is 0 Å². The van der Waals surface area contributed by atoms with Crippen LogP contribution < -0.4 is 0 Å². The number of hydrogen-bond donors (Lipinski definition) is 0. The summed E-state index contributed by atoms with van der Waals surface area (Å²) in [5, 5.41) is -0.0734. The van der Waals surface area contributed by atoms with Gasteiger partial charge in [0.05, 0.1) is 33.6 Å². The van der Waals surface area contributed by atoms with Crippen LogP contribution in [0.3, 0.4) is 0 Å². The van der Waals surface area contributed by atoms with E-state index in [4.69, 9.17) is 27.9 Å². The Morgan fingerprint density at radius 3 is 1.35 bits per heavy atom. The zero-order valence-corrected chi connectivity index (χ0v) is 24.5.